The number of benzene rings is 1. The molecule has 0 aliphatic rings. The normalized spacial score (nSPS) is 11.4. The van der Waals surface area contributed by atoms with E-state index in [2.05, 4.69) is 41.6 Å². The van der Waals surface area contributed by atoms with Crippen molar-refractivity contribution in [3.05, 3.63) is 29.0 Å². The zero-order valence-corrected chi connectivity index (χ0v) is 10.7. The van der Waals surface area contributed by atoms with E-state index in [4.69, 9.17) is 12.2 Å². The largest absolute Gasteiger partial charge is 0.331 e. The van der Waals surface area contributed by atoms with Crippen molar-refractivity contribution in [2.45, 2.75) is 33.2 Å². The molecule has 0 aliphatic carbocycles. The minimum absolute atomic E-state index is 0.714. The number of aromatic amines is 1. The molecule has 2 aromatic rings. The number of fused-ring (bicyclic) bond motifs is 1. The molecule has 0 bridgehead atoms. The van der Waals surface area contributed by atoms with E-state index in [9.17, 15) is 0 Å². The van der Waals surface area contributed by atoms with Crippen molar-refractivity contribution in [2.24, 2.45) is 5.92 Å². The van der Waals surface area contributed by atoms with Crippen LogP contribution in [0.25, 0.3) is 11.0 Å². The van der Waals surface area contributed by atoms with E-state index in [-0.39, 0.29) is 0 Å². The highest BCUT2D eigenvalue weighted by Gasteiger charge is 2.08. The molecule has 86 valence electrons. The van der Waals surface area contributed by atoms with Crippen molar-refractivity contribution in [1.29, 1.82) is 0 Å². The lowest BCUT2D eigenvalue weighted by Gasteiger charge is -2.13. The van der Waals surface area contributed by atoms with Gasteiger partial charge in [0.2, 0.25) is 0 Å². The van der Waals surface area contributed by atoms with E-state index in [0.29, 0.717) is 5.92 Å². The summed E-state index contributed by atoms with van der Waals surface area (Å²) in [6.45, 7) is 5.51. The van der Waals surface area contributed by atoms with Crippen molar-refractivity contribution in [3.63, 3.8) is 0 Å². The zero-order valence-electron chi connectivity index (χ0n) is 9.86. The average Bonchev–Trinajstić information content (AvgIpc) is 2.62. The van der Waals surface area contributed by atoms with E-state index in [1.54, 1.807) is 0 Å². The van der Waals surface area contributed by atoms with Crippen LogP contribution in [0, 0.1) is 10.7 Å². The van der Waals surface area contributed by atoms with Crippen LogP contribution in [0.15, 0.2) is 24.3 Å². The summed E-state index contributed by atoms with van der Waals surface area (Å²) >= 11 is 5.37. The first-order valence-electron chi connectivity index (χ1n) is 5.93. The number of rotatable bonds is 4. The standard InChI is InChI=1S/C13H18N2S/c1-3-10(4-2)9-15-12-8-6-5-7-11(12)14-13(15)16/h5-8,10H,3-4,9H2,1-2H3,(H,14,16). The summed E-state index contributed by atoms with van der Waals surface area (Å²) < 4.78 is 3.07. The van der Waals surface area contributed by atoms with Gasteiger partial charge in [0.15, 0.2) is 4.77 Å². The summed E-state index contributed by atoms with van der Waals surface area (Å²) in [5.41, 5.74) is 2.36. The number of H-pyrrole nitrogens is 1. The van der Waals surface area contributed by atoms with Gasteiger partial charge in [0, 0.05) is 6.54 Å². The fourth-order valence-corrected chi connectivity index (χ4v) is 2.38. The fourth-order valence-electron chi connectivity index (χ4n) is 2.09. The van der Waals surface area contributed by atoms with Crippen LogP contribution in [-0.4, -0.2) is 9.55 Å². The van der Waals surface area contributed by atoms with Crippen molar-refractivity contribution in [2.75, 3.05) is 0 Å². The van der Waals surface area contributed by atoms with Crippen LogP contribution in [0.1, 0.15) is 26.7 Å². The van der Waals surface area contributed by atoms with E-state index < -0.39 is 0 Å². The summed E-state index contributed by atoms with van der Waals surface area (Å²) in [6.07, 6.45) is 2.41. The third-order valence-corrected chi connectivity index (χ3v) is 3.60. The molecule has 0 saturated carbocycles. The first kappa shape index (κ1) is 11.4. The number of nitrogens with zero attached hydrogens (tertiary/aromatic N) is 1. The summed E-state index contributed by atoms with van der Waals surface area (Å²) in [5, 5.41) is 0. The molecule has 0 aliphatic heterocycles. The smallest absolute Gasteiger partial charge is 0.178 e. The molecule has 0 atom stereocenters. The Kier molecular flexibility index (Phi) is 3.44. The van der Waals surface area contributed by atoms with E-state index >= 15 is 0 Å². The first-order valence-corrected chi connectivity index (χ1v) is 6.34. The second-order valence-electron chi connectivity index (χ2n) is 4.24. The molecule has 0 amide bonds. The average molecular weight is 234 g/mol. The molecule has 3 heteroatoms. The van der Waals surface area contributed by atoms with Gasteiger partial charge in [0.1, 0.15) is 0 Å². The van der Waals surface area contributed by atoms with Crippen molar-refractivity contribution >= 4 is 23.3 Å². The van der Waals surface area contributed by atoms with Gasteiger partial charge in [0.25, 0.3) is 0 Å². The lowest BCUT2D eigenvalue weighted by molar-refractivity contribution is 0.422. The molecule has 0 radical (unpaired) electrons. The van der Waals surface area contributed by atoms with Gasteiger partial charge in [-0.1, -0.05) is 38.8 Å². The molecule has 1 aromatic heterocycles. The zero-order chi connectivity index (χ0) is 11.5. The number of imidazole rings is 1. The number of para-hydroxylation sites is 2. The molecule has 0 spiro atoms. The van der Waals surface area contributed by atoms with Crippen molar-refractivity contribution in [1.82, 2.24) is 9.55 Å². The van der Waals surface area contributed by atoms with Crippen LogP contribution in [-0.2, 0) is 6.54 Å². The van der Waals surface area contributed by atoms with Gasteiger partial charge in [-0.25, -0.2) is 0 Å². The Bertz CT molecular complexity index is 520. The summed E-state index contributed by atoms with van der Waals surface area (Å²) in [5.74, 6) is 0.714. The van der Waals surface area contributed by atoms with Crippen molar-refractivity contribution < 1.29 is 0 Å². The Morgan fingerprint density at radius 3 is 2.62 bits per heavy atom. The quantitative estimate of drug-likeness (QED) is 0.789. The molecular weight excluding hydrogens is 216 g/mol. The topological polar surface area (TPSA) is 20.7 Å². The van der Waals surface area contributed by atoms with Gasteiger partial charge >= 0.3 is 0 Å². The minimum Gasteiger partial charge on any atom is -0.331 e. The number of nitrogens with one attached hydrogen (secondary N) is 1. The molecular formula is C13H18N2S. The van der Waals surface area contributed by atoms with E-state index in [1.165, 1.54) is 18.4 Å². The number of aromatic nitrogens is 2. The maximum Gasteiger partial charge on any atom is 0.178 e. The molecule has 1 N–H and O–H groups in total. The van der Waals surface area contributed by atoms with Gasteiger partial charge in [-0.05, 0) is 30.3 Å². The number of hydrogen-bond acceptors (Lipinski definition) is 1. The summed E-state index contributed by atoms with van der Waals surface area (Å²) in [7, 11) is 0. The van der Waals surface area contributed by atoms with Crippen LogP contribution >= 0.6 is 12.2 Å². The van der Waals surface area contributed by atoms with Crippen LogP contribution in [0.4, 0.5) is 0 Å². The molecule has 2 nitrogen and oxygen atoms in total. The highest BCUT2D eigenvalue weighted by Crippen LogP contribution is 2.18. The maximum absolute atomic E-state index is 5.37. The third-order valence-electron chi connectivity index (χ3n) is 3.28. The van der Waals surface area contributed by atoms with Crippen LogP contribution in [0.3, 0.4) is 0 Å². The predicted molar refractivity (Wildman–Crippen MR) is 71.2 cm³/mol. The SMILES string of the molecule is CCC(CC)Cn1c(=S)[nH]c2ccccc21. The maximum atomic E-state index is 5.37. The third kappa shape index (κ3) is 2.05. The molecule has 0 fully saturated rings. The minimum atomic E-state index is 0.714. The molecule has 0 unspecified atom stereocenters. The predicted octanol–water partition coefficient (Wildman–Crippen LogP) is 4.14. The Labute approximate surface area is 101 Å². The Hall–Kier alpha value is -1.09. The van der Waals surface area contributed by atoms with Gasteiger partial charge in [-0.2, -0.15) is 0 Å². The van der Waals surface area contributed by atoms with Gasteiger partial charge in [-0.3, -0.25) is 0 Å². The van der Waals surface area contributed by atoms with Crippen LogP contribution in [0.5, 0.6) is 0 Å². The van der Waals surface area contributed by atoms with E-state index in [1.807, 2.05) is 6.07 Å². The highest BCUT2D eigenvalue weighted by molar-refractivity contribution is 7.71. The Morgan fingerprint density at radius 2 is 1.94 bits per heavy atom. The molecule has 0 saturated heterocycles. The van der Waals surface area contributed by atoms with Gasteiger partial charge < -0.3 is 9.55 Å². The lowest BCUT2D eigenvalue weighted by Crippen LogP contribution is -2.09. The first-order chi connectivity index (χ1) is 7.76. The molecule has 1 heterocycles. The second-order valence-corrected chi connectivity index (χ2v) is 4.63. The summed E-state index contributed by atoms with van der Waals surface area (Å²) in [6, 6.07) is 8.31. The Balaban J connectivity index is 2.43. The van der Waals surface area contributed by atoms with Gasteiger partial charge in [0.05, 0.1) is 11.0 Å². The Morgan fingerprint density at radius 1 is 1.25 bits per heavy atom. The van der Waals surface area contributed by atoms with Crippen LogP contribution < -0.4 is 0 Å². The molecule has 2 rings (SSSR count). The van der Waals surface area contributed by atoms with Crippen LogP contribution in [0.2, 0.25) is 0 Å². The molecule has 16 heavy (non-hydrogen) atoms. The lowest BCUT2D eigenvalue weighted by atomic mass is 10.0. The van der Waals surface area contributed by atoms with Gasteiger partial charge in [-0.15, -0.1) is 0 Å². The van der Waals surface area contributed by atoms with E-state index in [0.717, 1.165) is 16.8 Å². The highest BCUT2D eigenvalue weighted by atomic mass is 32.1. The second kappa shape index (κ2) is 4.83. The van der Waals surface area contributed by atoms with Crippen molar-refractivity contribution in [3.8, 4) is 0 Å². The summed E-state index contributed by atoms with van der Waals surface area (Å²) in [4.78, 5) is 3.26. The molecule has 1 aromatic carbocycles. The monoisotopic (exact) mass is 234 g/mol. The fraction of sp³-hybridized carbons (Fsp3) is 0.462. The number of hydrogen-bond donors (Lipinski definition) is 1.